The Morgan fingerprint density at radius 2 is 1.83 bits per heavy atom. The second-order valence-electron chi connectivity index (χ2n) is 10.9. The summed E-state index contributed by atoms with van der Waals surface area (Å²) in [4.78, 5) is 0. The van der Waals surface area contributed by atoms with Crippen LogP contribution in [-0.4, -0.2) is 18.9 Å². The quantitative estimate of drug-likeness (QED) is 0.323. The number of allylic oxidation sites excluding steroid dienone is 7. The monoisotopic (exact) mass is 430 g/mol. The first-order chi connectivity index (χ1) is 14.0. The topological polar surface area (TPSA) is 34.1 Å². The van der Waals surface area contributed by atoms with Gasteiger partial charge in [0.25, 0.3) is 0 Å². The highest BCUT2D eigenvalue weighted by Crippen LogP contribution is 2.55. The summed E-state index contributed by atoms with van der Waals surface area (Å²) < 4.78 is 24.1. The molecule has 0 aromatic rings. The lowest BCUT2D eigenvalue weighted by molar-refractivity contribution is 0.228. The third kappa shape index (κ3) is 5.03. The van der Waals surface area contributed by atoms with Gasteiger partial charge in [-0.05, 0) is 108 Å². The van der Waals surface area contributed by atoms with E-state index >= 15 is 0 Å². The summed E-state index contributed by atoms with van der Waals surface area (Å²) in [6, 6.07) is 0. The molecule has 2 nitrogen and oxygen atoms in total. The summed E-state index contributed by atoms with van der Waals surface area (Å²) in [6.45, 7) is 12.2. The molecule has 0 aromatic heterocycles. The average Bonchev–Trinajstić information content (AvgIpc) is 3.00. The highest BCUT2D eigenvalue weighted by molar-refractivity contribution is 7.92. The summed E-state index contributed by atoms with van der Waals surface area (Å²) in [5.74, 6) is 0.945. The van der Waals surface area contributed by atoms with Gasteiger partial charge < -0.3 is 0 Å². The van der Waals surface area contributed by atoms with Gasteiger partial charge in [-0.2, -0.15) is 0 Å². The molecule has 3 aliphatic rings. The molecule has 2 fully saturated rings. The maximum Gasteiger partial charge on any atom is 0.155 e. The Balaban J connectivity index is 1.61. The van der Waals surface area contributed by atoms with Crippen LogP contribution >= 0.6 is 0 Å². The van der Waals surface area contributed by atoms with Crippen LogP contribution in [0, 0.1) is 11.3 Å². The van der Waals surface area contributed by atoms with Crippen molar-refractivity contribution in [2.75, 3.05) is 5.75 Å². The lowest BCUT2D eigenvalue weighted by Crippen LogP contribution is -2.31. The predicted octanol–water partition coefficient (Wildman–Crippen LogP) is 7.49. The Labute approximate surface area is 185 Å². The number of hydrogen-bond donors (Lipinski definition) is 0. The molecule has 2 saturated carbocycles. The Bertz CT molecular complexity index is 848. The number of rotatable bonds is 6. The first-order valence-corrected chi connectivity index (χ1v) is 13.7. The number of fused-ring (bicyclic) bond motifs is 1. The van der Waals surface area contributed by atoms with E-state index < -0.39 is 14.6 Å². The van der Waals surface area contributed by atoms with Crippen molar-refractivity contribution in [3.63, 3.8) is 0 Å². The van der Waals surface area contributed by atoms with E-state index in [1.54, 1.807) is 31.9 Å². The van der Waals surface area contributed by atoms with E-state index in [-0.39, 0.29) is 5.41 Å². The summed E-state index contributed by atoms with van der Waals surface area (Å²) in [7, 11) is -3.01. The Morgan fingerprint density at radius 3 is 2.53 bits per heavy atom. The van der Waals surface area contributed by atoms with E-state index in [1.807, 2.05) is 0 Å². The minimum absolute atomic E-state index is 0.273. The van der Waals surface area contributed by atoms with Crippen LogP contribution in [0.2, 0.25) is 0 Å². The van der Waals surface area contributed by atoms with Crippen LogP contribution < -0.4 is 0 Å². The molecule has 30 heavy (non-hydrogen) atoms. The fourth-order valence-electron chi connectivity index (χ4n) is 5.61. The number of unbranched alkanes of at least 4 members (excludes halogenated alkanes) is 1. The van der Waals surface area contributed by atoms with Gasteiger partial charge >= 0.3 is 0 Å². The van der Waals surface area contributed by atoms with Crippen molar-refractivity contribution in [3.05, 3.63) is 47.1 Å². The molecule has 168 valence electrons. The fraction of sp³-hybridized carbons (Fsp3) is 0.704. The summed E-state index contributed by atoms with van der Waals surface area (Å²) in [6.07, 6.45) is 19.9. The molecule has 0 unspecified atom stereocenters. The molecule has 0 N–H and O–H groups in total. The lowest BCUT2D eigenvalue weighted by atomic mass is 9.63. The summed E-state index contributed by atoms with van der Waals surface area (Å²) in [5, 5.41) is 0. The van der Waals surface area contributed by atoms with Crippen LogP contribution in [0.15, 0.2) is 47.1 Å². The molecule has 0 saturated heterocycles. The van der Waals surface area contributed by atoms with Gasteiger partial charge in [-0.1, -0.05) is 48.5 Å². The van der Waals surface area contributed by atoms with Crippen molar-refractivity contribution < 1.29 is 8.42 Å². The Morgan fingerprint density at radius 1 is 1.10 bits per heavy atom. The molecule has 2 atom stereocenters. The van der Waals surface area contributed by atoms with Gasteiger partial charge in [-0.25, -0.2) is 8.42 Å². The highest BCUT2D eigenvalue weighted by atomic mass is 32.2. The first kappa shape index (κ1) is 23.6. The maximum absolute atomic E-state index is 12.4. The molecule has 0 radical (unpaired) electrons. The van der Waals surface area contributed by atoms with Gasteiger partial charge in [0.1, 0.15) is 0 Å². The predicted molar refractivity (Wildman–Crippen MR) is 129 cm³/mol. The van der Waals surface area contributed by atoms with Crippen LogP contribution in [0.1, 0.15) is 98.3 Å². The molecular weight excluding hydrogens is 388 g/mol. The molecule has 0 spiro atoms. The van der Waals surface area contributed by atoms with Gasteiger partial charge in [0.2, 0.25) is 0 Å². The lowest BCUT2D eigenvalue weighted by Gasteiger charge is -2.41. The van der Waals surface area contributed by atoms with E-state index in [0.29, 0.717) is 11.7 Å². The Hall–Kier alpha value is -1.09. The van der Waals surface area contributed by atoms with E-state index in [0.717, 1.165) is 32.1 Å². The van der Waals surface area contributed by atoms with Gasteiger partial charge in [-0.3, -0.25) is 0 Å². The SMILES string of the molecule is C=C1CCCC/C1=C/C=C1\CCC[C@]2(C)C(CCCCS(=O)(=O)C(C)(C)C)=CC[C@@H]12. The minimum atomic E-state index is -3.01. The smallest absolute Gasteiger partial charge is 0.155 e. The standard InChI is InChI=1S/C27H42O2S/c1-21-11-6-7-12-22(21)15-16-23-13-10-19-27(5)24(17-18-25(23)27)14-8-9-20-30(28,29)26(2,3)4/h15-17,25H,1,6-14,18-20H2,2-5H3/b22-15-,23-16+/t25-,27+/m0/s1. The van der Waals surface area contributed by atoms with Crippen molar-refractivity contribution in [3.8, 4) is 0 Å². The van der Waals surface area contributed by atoms with Crippen LogP contribution in [0.4, 0.5) is 0 Å². The normalized spacial score (nSPS) is 30.6. The molecule has 3 aliphatic carbocycles. The molecule has 0 amide bonds. The zero-order chi connectivity index (χ0) is 22.0. The zero-order valence-corrected chi connectivity index (χ0v) is 20.5. The molecule has 3 rings (SSSR count). The average molecular weight is 431 g/mol. The second-order valence-corrected chi connectivity index (χ2v) is 13.8. The number of hydrogen-bond acceptors (Lipinski definition) is 2. The van der Waals surface area contributed by atoms with E-state index in [4.69, 9.17) is 0 Å². The molecule has 3 heteroatoms. The van der Waals surface area contributed by atoms with E-state index in [9.17, 15) is 8.42 Å². The van der Waals surface area contributed by atoms with Crippen molar-refractivity contribution in [2.24, 2.45) is 11.3 Å². The van der Waals surface area contributed by atoms with E-state index in [2.05, 4.69) is 31.7 Å². The first-order valence-electron chi connectivity index (χ1n) is 12.0. The van der Waals surface area contributed by atoms with Crippen molar-refractivity contribution in [2.45, 2.75) is 103 Å². The molecular formula is C27H42O2S. The molecule has 0 bridgehead atoms. The Kier molecular flexibility index (Phi) is 7.22. The molecule has 0 heterocycles. The van der Waals surface area contributed by atoms with Crippen LogP contribution in [0.3, 0.4) is 0 Å². The van der Waals surface area contributed by atoms with Gasteiger partial charge in [-0.15, -0.1) is 0 Å². The van der Waals surface area contributed by atoms with Crippen molar-refractivity contribution in [1.29, 1.82) is 0 Å². The van der Waals surface area contributed by atoms with Gasteiger partial charge in [0.15, 0.2) is 9.84 Å². The molecule has 0 aromatic carbocycles. The molecule has 0 aliphatic heterocycles. The zero-order valence-electron chi connectivity index (χ0n) is 19.7. The van der Waals surface area contributed by atoms with Crippen LogP contribution in [0.5, 0.6) is 0 Å². The second kappa shape index (κ2) is 9.18. The van der Waals surface area contributed by atoms with Gasteiger partial charge in [0, 0.05) is 0 Å². The van der Waals surface area contributed by atoms with Crippen LogP contribution in [0.25, 0.3) is 0 Å². The van der Waals surface area contributed by atoms with Crippen LogP contribution in [-0.2, 0) is 9.84 Å². The third-order valence-electron chi connectivity index (χ3n) is 7.88. The summed E-state index contributed by atoms with van der Waals surface area (Å²) in [5.41, 5.74) is 6.28. The van der Waals surface area contributed by atoms with Gasteiger partial charge in [0.05, 0.1) is 10.5 Å². The summed E-state index contributed by atoms with van der Waals surface area (Å²) >= 11 is 0. The maximum atomic E-state index is 12.4. The largest absolute Gasteiger partial charge is 0.228 e. The third-order valence-corrected chi connectivity index (χ3v) is 10.6. The minimum Gasteiger partial charge on any atom is -0.228 e. The van der Waals surface area contributed by atoms with Crippen molar-refractivity contribution in [1.82, 2.24) is 0 Å². The fourth-order valence-corrected chi connectivity index (χ4v) is 6.80. The van der Waals surface area contributed by atoms with E-state index in [1.165, 1.54) is 49.7 Å². The van der Waals surface area contributed by atoms with Crippen molar-refractivity contribution >= 4 is 9.84 Å². The highest BCUT2D eigenvalue weighted by Gasteiger charge is 2.44. The number of sulfone groups is 1.